The van der Waals surface area contributed by atoms with Crippen molar-refractivity contribution < 1.29 is 23.8 Å². The molecule has 0 bridgehead atoms. The minimum Gasteiger partial charge on any atom is -0.497 e. The van der Waals surface area contributed by atoms with Crippen LogP contribution in [0.1, 0.15) is 50.5 Å². The summed E-state index contributed by atoms with van der Waals surface area (Å²) in [6.07, 6.45) is 2.37. The van der Waals surface area contributed by atoms with Gasteiger partial charge in [-0.3, -0.25) is 9.59 Å². The molecule has 41 heavy (non-hydrogen) atoms. The summed E-state index contributed by atoms with van der Waals surface area (Å²) in [5.74, 6) is 1.98. The molecule has 1 unspecified atom stereocenters. The number of hydrogen-bond acceptors (Lipinski definition) is 8. The molecule has 3 aromatic carbocycles. The molecule has 0 aliphatic carbocycles. The van der Waals surface area contributed by atoms with Crippen LogP contribution in [0.5, 0.6) is 11.5 Å². The molecule has 10 heteroatoms. The van der Waals surface area contributed by atoms with E-state index < -0.39 is 0 Å². The number of amides is 1. The van der Waals surface area contributed by atoms with Gasteiger partial charge in [0.1, 0.15) is 11.5 Å². The lowest BCUT2D eigenvalue weighted by atomic mass is 10.0. The number of nitrogens with one attached hydrogen (secondary N) is 1. The van der Waals surface area contributed by atoms with Crippen molar-refractivity contribution in [3.63, 3.8) is 0 Å². The second-order valence-electron chi connectivity index (χ2n) is 9.57. The minimum atomic E-state index is -0.272. The number of carbonyl (C=O) groups is 2. The molecule has 1 aromatic heterocycles. The van der Waals surface area contributed by atoms with Crippen molar-refractivity contribution in [3.05, 3.63) is 101 Å². The monoisotopic (exact) mass is 572 g/mol. The lowest BCUT2D eigenvalue weighted by Gasteiger charge is -2.13. The molecule has 212 valence electrons. The van der Waals surface area contributed by atoms with Gasteiger partial charge < -0.3 is 24.1 Å². The Hall–Kier alpha value is -4.15. The van der Waals surface area contributed by atoms with E-state index in [0.29, 0.717) is 40.6 Å². The molecule has 0 radical (unpaired) electrons. The summed E-state index contributed by atoms with van der Waals surface area (Å²) in [5.41, 5.74) is 2.37. The maximum Gasteiger partial charge on any atom is 0.251 e. The van der Waals surface area contributed by atoms with Crippen molar-refractivity contribution in [2.75, 3.05) is 26.6 Å². The average Bonchev–Trinajstić information content (AvgIpc) is 3.68. The third kappa shape index (κ3) is 6.96. The number of aromatic nitrogens is 3. The van der Waals surface area contributed by atoms with Crippen molar-refractivity contribution in [2.24, 2.45) is 0 Å². The summed E-state index contributed by atoms with van der Waals surface area (Å²) >= 11 is 1.63. The summed E-state index contributed by atoms with van der Waals surface area (Å²) in [4.78, 5) is 26.2. The molecule has 4 aromatic rings. The van der Waals surface area contributed by atoms with Gasteiger partial charge in [0.25, 0.3) is 5.91 Å². The van der Waals surface area contributed by atoms with Gasteiger partial charge in [-0.15, -0.1) is 10.2 Å². The molecule has 0 saturated carbocycles. The number of ketones is 1. The molecule has 1 N–H and O–H groups in total. The Morgan fingerprint density at radius 2 is 1.78 bits per heavy atom. The summed E-state index contributed by atoms with van der Waals surface area (Å²) < 4.78 is 18.4. The Balaban J connectivity index is 1.27. The van der Waals surface area contributed by atoms with Crippen LogP contribution >= 0.6 is 11.8 Å². The quantitative estimate of drug-likeness (QED) is 0.191. The first kappa shape index (κ1) is 28.4. The number of methoxy groups -OCH3 is 2. The van der Waals surface area contributed by atoms with E-state index in [9.17, 15) is 9.59 Å². The number of hydrogen-bond donors (Lipinski definition) is 1. The van der Waals surface area contributed by atoms with E-state index in [0.717, 1.165) is 35.9 Å². The van der Waals surface area contributed by atoms with Crippen molar-refractivity contribution >= 4 is 23.5 Å². The fourth-order valence-electron chi connectivity index (χ4n) is 4.61. The second kappa shape index (κ2) is 13.5. The van der Waals surface area contributed by atoms with Crippen LogP contribution in [0.15, 0.2) is 78.0 Å². The van der Waals surface area contributed by atoms with Crippen LogP contribution in [0, 0.1) is 0 Å². The van der Waals surface area contributed by atoms with Crippen LogP contribution in [-0.4, -0.2) is 59.1 Å². The van der Waals surface area contributed by atoms with Gasteiger partial charge in [-0.05, 0) is 48.7 Å². The van der Waals surface area contributed by atoms with Gasteiger partial charge >= 0.3 is 0 Å². The first-order valence-electron chi connectivity index (χ1n) is 13.4. The third-order valence-corrected chi connectivity index (χ3v) is 7.97. The number of rotatable bonds is 12. The van der Waals surface area contributed by atoms with Gasteiger partial charge in [0, 0.05) is 23.5 Å². The van der Waals surface area contributed by atoms with Gasteiger partial charge in [0.05, 0.1) is 39.0 Å². The van der Waals surface area contributed by atoms with E-state index in [1.54, 1.807) is 61.3 Å². The van der Waals surface area contributed by atoms with Gasteiger partial charge in [-0.1, -0.05) is 54.2 Å². The van der Waals surface area contributed by atoms with E-state index in [-0.39, 0.29) is 24.3 Å². The summed E-state index contributed by atoms with van der Waals surface area (Å²) in [6.45, 7) is 1.61. The van der Waals surface area contributed by atoms with Gasteiger partial charge in [0.2, 0.25) is 0 Å². The highest BCUT2D eigenvalue weighted by atomic mass is 32.2. The number of benzene rings is 3. The molecular formula is C31H32N4O5S. The van der Waals surface area contributed by atoms with E-state index in [2.05, 4.69) is 27.6 Å². The lowest BCUT2D eigenvalue weighted by molar-refractivity contribution is 0.0948. The largest absolute Gasteiger partial charge is 0.497 e. The molecule has 1 aliphatic rings. The van der Waals surface area contributed by atoms with Crippen molar-refractivity contribution in [2.45, 2.75) is 37.2 Å². The van der Waals surface area contributed by atoms with E-state index in [1.165, 1.54) is 7.11 Å². The number of carbonyl (C=O) groups excluding carboxylic acids is 2. The first-order chi connectivity index (χ1) is 20.1. The van der Waals surface area contributed by atoms with Crippen molar-refractivity contribution in [3.8, 4) is 11.5 Å². The van der Waals surface area contributed by atoms with Crippen LogP contribution in [0.3, 0.4) is 0 Å². The van der Waals surface area contributed by atoms with Gasteiger partial charge in [0.15, 0.2) is 16.8 Å². The van der Waals surface area contributed by atoms with Crippen LogP contribution in [0.25, 0.3) is 0 Å². The Morgan fingerprint density at radius 1 is 1.00 bits per heavy atom. The highest BCUT2D eigenvalue weighted by molar-refractivity contribution is 7.99. The molecule has 9 nitrogen and oxygen atoms in total. The molecule has 5 rings (SSSR count). The molecule has 2 heterocycles. The van der Waals surface area contributed by atoms with E-state index >= 15 is 0 Å². The van der Waals surface area contributed by atoms with Crippen LogP contribution in [0.4, 0.5) is 0 Å². The predicted molar refractivity (Wildman–Crippen MR) is 156 cm³/mol. The Labute approximate surface area is 243 Å². The smallest absolute Gasteiger partial charge is 0.251 e. The molecule has 1 atom stereocenters. The maximum absolute atomic E-state index is 13.1. The zero-order valence-electron chi connectivity index (χ0n) is 23.0. The summed E-state index contributed by atoms with van der Waals surface area (Å²) in [6, 6.07) is 21.7. The highest BCUT2D eigenvalue weighted by Gasteiger charge is 2.20. The molecule has 1 aliphatic heterocycles. The minimum absolute atomic E-state index is 0.209. The number of ether oxygens (including phenoxy) is 3. The van der Waals surface area contributed by atoms with Crippen molar-refractivity contribution in [1.82, 2.24) is 20.1 Å². The zero-order chi connectivity index (χ0) is 28.6. The Bertz CT molecular complexity index is 1480. The number of nitrogens with zero attached hydrogens (tertiary/aromatic N) is 3. The molecule has 1 saturated heterocycles. The lowest BCUT2D eigenvalue weighted by Crippen LogP contribution is -2.25. The first-order valence-corrected chi connectivity index (χ1v) is 14.4. The van der Waals surface area contributed by atoms with Gasteiger partial charge in [-0.2, -0.15) is 0 Å². The average molecular weight is 573 g/mol. The maximum atomic E-state index is 13.1. The standard InChI is InChI=1S/C31H32N4O5S/c1-38-24-14-15-27(39-2)26(17-24)29(36)22-10-12-23(13-11-22)30(37)32-18-28-33-34-31(41-20-25-9-6-16-40-25)35(28)19-21-7-4-3-5-8-21/h3-5,7-8,10-15,17,25H,6,9,16,18-20H2,1-2H3,(H,32,37). The normalized spacial score (nSPS) is 14.5. The molecule has 1 fully saturated rings. The SMILES string of the molecule is COc1ccc(OC)c(C(=O)c2ccc(C(=O)NCc3nnc(SCC4CCCO4)n3Cc3ccccc3)cc2)c1. The van der Waals surface area contributed by atoms with Crippen LogP contribution in [0.2, 0.25) is 0 Å². The highest BCUT2D eigenvalue weighted by Crippen LogP contribution is 2.27. The second-order valence-corrected chi connectivity index (χ2v) is 10.6. The van der Waals surface area contributed by atoms with Gasteiger partial charge in [-0.25, -0.2) is 0 Å². The molecule has 0 spiro atoms. The van der Waals surface area contributed by atoms with E-state index in [4.69, 9.17) is 14.2 Å². The third-order valence-electron chi connectivity index (χ3n) is 6.87. The number of thioether (sulfide) groups is 1. The zero-order valence-corrected chi connectivity index (χ0v) is 23.9. The predicted octanol–water partition coefficient (Wildman–Crippen LogP) is 4.78. The summed E-state index contributed by atoms with van der Waals surface area (Å²) in [5, 5.41) is 12.6. The van der Waals surface area contributed by atoms with Crippen LogP contribution < -0.4 is 14.8 Å². The molecule has 1 amide bonds. The fraction of sp³-hybridized carbons (Fsp3) is 0.290. The summed E-state index contributed by atoms with van der Waals surface area (Å²) in [7, 11) is 3.05. The van der Waals surface area contributed by atoms with E-state index in [1.807, 2.05) is 22.8 Å². The topological polar surface area (TPSA) is 105 Å². The van der Waals surface area contributed by atoms with Crippen molar-refractivity contribution in [1.29, 1.82) is 0 Å². The Kier molecular flexibility index (Phi) is 9.33. The van der Waals surface area contributed by atoms with Crippen LogP contribution in [-0.2, 0) is 17.8 Å². The fourth-order valence-corrected chi connectivity index (χ4v) is 5.63. The Morgan fingerprint density at radius 3 is 2.49 bits per heavy atom. The molecular weight excluding hydrogens is 540 g/mol.